The molecule has 26 heavy (non-hydrogen) atoms. The molecule has 4 N–H and O–H groups in total. The summed E-state index contributed by atoms with van der Waals surface area (Å²) >= 11 is 0. The van der Waals surface area contributed by atoms with Crippen LogP contribution >= 0.6 is 49.6 Å². The molecule has 4 saturated carbocycles. The maximum atomic E-state index is 11.8. The molecule has 12 heteroatoms. The molecule has 0 unspecified atom stereocenters. The van der Waals surface area contributed by atoms with Gasteiger partial charge in [-0.05, 0) is 38.5 Å². The van der Waals surface area contributed by atoms with E-state index in [2.05, 4.69) is 0 Å². The van der Waals surface area contributed by atoms with Gasteiger partial charge in [-0.2, -0.15) is 0 Å². The number of hydrogen-bond donors (Lipinski definition) is 4. The molecule has 152 valence electrons. The van der Waals surface area contributed by atoms with E-state index in [1.807, 2.05) is 0 Å². The summed E-state index contributed by atoms with van der Waals surface area (Å²) in [5, 5.41) is 38.4. The van der Waals surface area contributed by atoms with Gasteiger partial charge >= 0.3 is 23.9 Å². The first kappa shape index (κ1) is 27.3. The Bertz CT molecular complexity index is 493. The van der Waals surface area contributed by atoms with E-state index in [0.29, 0.717) is 0 Å². The summed E-state index contributed by atoms with van der Waals surface area (Å²) in [7, 11) is 0. The van der Waals surface area contributed by atoms with Crippen LogP contribution in [0, 0.1) is 21.7 Å². The molecule has 4 bridgehead atoms. The summed E-state index contributed by atoms with van der Waals surface area (Å²) in [6, 6.07) is 0. The second-order valence-electron chi connectivity index (χ2n) is 7.40. The summed E-state index contributed by atoms with van der Waals surface area (Å²) in [5.74, 6) is -5.19. The first-order valence-corrected chi connectivity index (χ1v) is 6.95. The fourth-order valence-corrected chi connectivity index (χ4v) is 5.54. The Balaban J connectivity index is 0. The lowest BCUT2D eigenvalue weighted by Gasteiger charge is -2.65. The van der Waals surface area contributed by atoms with Crippen molar-refractivity contribution in [1.29, 1.82) is 0 Å². The lowest BCUT2D eigenvalue weighted by Crippen LogP contribution is -2.68. The van der Waals surface area contributed by atoms with Gasteiger partial charge in [0.25, 0.3) is 0 Å². The molecule has 4 fully saturated rings. The van der Waals surface area contributed by atoms with Gasteiger partial charge in [0.05, 0.1) is 21.7 Å². The number of carboxylic acid groups (broad SMARTS) is 4. The third-order valence-electron chi connectivity index (χ3n) is 5.88. The van der Waals surface area contributed by atoms with Gasteiger partial charge in [0.15, 0.2) is 0 Å². The van der Waals surface area contributed by atoms with Crippen LogP contribution in [-0.4, -0.2) is 44.3 Å². The summed E-state index contributed by atoms with van der Waals surface area (Å²) in [6.45, 7) is 0. The minimum atomic E-state index is -1.59. The number of rotatable bonds is 4. The molecule has 0 aromatic rings. The maximum absolute atomic E-state index is 11.8. The van der Waals surface area contributed by atoms with Crippen molar-refractivity contribution >= 4 is 73.5 Å². The average molecular weight is 458 g/mol. The number of halogens is 4. The smallest absolute Gasteiger partial charge is 0.309 e. The molecule has 0 aromatic carbocycles. The summed E-state index contributed by atoms with van der Waals surface area (Å²) in [4.78, 5) is 47.1. The van der Waals surface area contributed by atoms with Crippen molar-refractivity contribution in [3.63, 3.8) is 0 Å². The van der Waals surface area contributed by atoms with E-state index in [-0.39, 0.29) is 88.2 Å². The molecule has 0 aliphatic heterocycles. The molecule has 0 heterocycles. The molecule has 4 rings (SSSR count). The zero-order chi connectivity index (χ0) is 16.6. The summed E-state index contributed by atoms with van der Waals surface area (Å²) in [5.41, 5.74) is -6.37. The van der Waals surface area contributed by atoms with Gasteiger partial charge in [0.1, 0.15) is 0 Å². The van der Waals surface area contributed by atoms with Crippen LogP contribution < -0.4 is 0 Å². The van der Waals surface area contributed by atoms with Gasteiger partial charge in [0.2, 0.25) is 0 Å². The molecule has 0 atom stereocenters. The van der Waals surface area contributed by atoms with Crippen LogP contribution in [0.3, 0.4) is 0 Å². The molecular weight excluding hydrogens is 438 g/mol. The number of carbonyl (C=O) groups is 4. The monoisotopic (exact) mass is 456 g/mol. The molecule has 0 radical (unpaired) electrons. The lowest BCUT2D eigenvalue weighted by atomic mass is 9.35. The highest BCUT2D eigenvalue weighted by Gasteiger charge is 2.76. The lowest BCUT2D eigenvalue weighted by molar-refractivity contribution is -0.229. The molecular formula is C14H20Cl4O8. The molecule has 4 aliphatic rings. The SMILES string of the molecule is Cl.Cl.Cl.Cl.O=C(O)C12CC3(C(=O)O)CC(C(=O)O)(C1)CC(C(=O)O)(C2)C3. The summed E-state index contributed by atoms with van der Waals surface area (Å²) < 4.78 is 0. The predicted octanol–water partition coefficient (Wildman–Crippen LogP) is 2.34. The van der Waals surface area contributed by atoms with Gasteiger partial charge < -0.3 is 20.4 Å². The third-order valence-corrected chi connectivity index (χ3v) is 5.88. The Kier molecular flexibility index (Phi) is 7.94. The van der Waals surface area contributed by atoms with Crippen LogP contribution in [0.2, 0.25) is 0 Å². The molecule has 0 spiro atoms. The van der Waals surface area contributed by atoms with E-state index in [0.717, 1.165) is 0 Å². The van der Waals surface area contributed by atoms with Crippen LogP contribution in [0.15, 0.2) is 0 Å². The number of hydrogen-bond acceptors (Lipinski definition) is 4. The number of aliphatic carboxylic acids is 4. The van der Waals surface area contributed by atoms with Crippen LogP contribution in [-0.2, 0) is 19.2 Å². The quantitative estimate of drug-likeness (QED) is 0.502. The zero-order valence-electron chi connectivity index (χ0n) is 13.3. The highest BCUT2D eigenvalue weighted by atomic mass is 35.5. The fraction of sp³-hybridized carbons (Fsp3) is 0.714. The van der Waals surface area contributed by atoms with E-state index in [1.165, 1.54) is 0 Å². The predicted molar refractivity (Wildman–Crippen MR) is 97.0 cm³/mol. The largest absolute Gasteiger partial charge is 0.481 e. The standard InChI is InChI=1S/C14H16O8.4ClH/c15-7(16)11-1-12(8(17)18)4-13(2-11,9(19)20)6-14(3-11,5-12)10(21)22;;;;/h1-6H2,(H,15,16)(H,17,18)(H,19,20)(H,21,22);4*1H. The normalized spacial score (nSPS) is 38.5. The third kappa shape index (κ3) is 3.21. The van der Waals surface area contributed by atoms with E-state index >= 15 is 0 Å². The summed E-state index contributed by atoms with van der Waals surface area (Å²) in [6.07, 6.45) is -1.20. The molecule has 8 nitrogen and oxygen atoms in total. The van der Waals surface area contributed by atoms with Gasteiger partial charge in [-0.25, -0.2) is 0 Å². The van der Waals surface area contributed by atoms with Crippen LogP contribution in [0.25, 0.3) is 0 Å². The van der Waals surface area contributed by atoms with Gasteiger partial charge in [0, 0.05) is 0 Å². The van der Waals surface area contributed by atoms with Crippen molar-refractivity contribution in [2.45, 2.75) is 38.5 Å². The Morgan fingerprint density at radius 1 is 0.423 bits per heavy atom. The van der Waals surface area contributed by atoms with Crippen LogP contribution in [0.4, 0.5) is 0 Å². The van der Waals surface area contributed by atoms with Crippen molar-refractivity contribution in [2.24, 2.45) is 21.7 Å². The van der Waals surface area contributed by atoms with Crippen LogP contribution in [0.5, 0.6) is 0 Å². The number of carboxylic acids is 4. The van der Waals surface area contributed by atoms with Gasteiger partial charge in [-0.1, -0.05) is 0 Å². The van der Waals surface area contributed by atoms with Crippen molar-refractivity contribution < 1.29 is 39.6 Å². The van der Waals surface area contributed by atoms with E-state index in [1.54, 1.807) is 0 Å². The van der Waals surface area contributed by atoms with E-state index < -0.39 is 45.5 Å². The van der Waals surface area contributed by atoms with Crippen molar-refractivity contribution in [3.05, 3.63) is 0 Å². The van der Waals surface area contributed by atoms with Gasteiger partial charge in [-0.3, -0.25) is 19.2 Å². The van der Waals surface area contributed by atoms with Crippen molar-refractivity contribution in [1.82, 2.24) is 0 Å². The Morgan fingerprint density at radius 3 is 0.615 bits per heavy atom. The second-order valence-corrected chi connectivity index (χ2v) is 7.40. The van der Waals surface area contributed by atoms with E-state index in [9.17, 15) is 39.6 Å². The molecule has 4 aliphatic carbocycles. The molecule has 0 saturated heterocycles. The highest BCUT2D eigenvalue weighted by Crippen LogP contribution is 2.74. The first-order chi connectivity index (χ1) is 10.0. The second kappa shape index (κ2) is 7.58. The first-order valence-electron chi connectivity index (χ1n) is 6.95. The topological polar surface area (TPSA) is 149 Å². The zero-order valence-corrected chi connectivity index (χ0v) is 16.6. The Hall–Kier alpha value is -0.960. The highest BCUT2D eigenvalue weighted by molar-refractivity contribution is 5.90. The van der Waals surface area contributed by atoms with E-state index in [4.69, 9.17) is 0 Å². The minimum absolute atomic E-state index is 0. The maximum Gasteiger partial charge on any atom is 0.309 e. The Labute approximate surface area is 173 Å². The Morgan fingerprint density at radius 2 is 0.538 bits per heavy atom. The average Bonchev–Trinajstić information content (AvgIpc) is 2.36. The molecule has 0 aromatic heterocycles. The van der Waals surface area contributed by atoms with Crippen molar-refractivity contribution in [3.8, 4) is 0 Å². The van der Waals surface area contributed by atoms with Gasteiger partial charge in [-0.15, -0.1) is 49.6 Å². The fourth-order valence-electron chi connectivity index (χ4n) is 5.54. The van der Waals surface area contributed by atoms with Crippen LogP contribution in [0.1, 0.15) is 38.5 Å². The molecule has 0 amide bonds. The minimum Gasteiger partial charge on any atom is -0.481 e. The van der Waals surface area contributed by atoms with Crippen molar-refractivity contribution in [2.75, 3.05) is 0 Å².